The number of hydrogen-bond acceptors (Lipinski definition) is 4. The van der Waals surface area contributed by atoms with Crippen LogP contribution in [0.2, 0.25) is 5.15 Å². The monoisotopic (exact) mass is 340 g/mol. The van der Waals surface area contributed by atoms with Gasteiger partial charge in [0.15, 0.2) is 16.6 Å². The highest BCUT2D eigenvalue weighted by Crippen LogP contribution is 2.41. The average molecular weight is 341 g/mol. The van der Waals surface area contributed by atoms with Gasteiger partial charge >= 0.3 is 5.92 Å². The highest BCUT2D eigenvalue weighted by molar-refractivity contribution is 6.33. The lowest BCUT2D eigenvalue weighted by Gasteiger charge is -2.23. The molecule has 10 heteroatoms. The number of ether oxygens (including phenoxy) is 1. The number of H-pyrrole nitrogens is 1. The molecule has 1 aliphatic heterocycles. The van der Waals surface area contributed by atoms with E-state index < -0.39 is 23.8 Å². The van der Waals surface area contributed by atoms with Crippen molar-refractivity contribution in [1.29, 1.82) is 0 Å². The second-order valence-electron chi connectivity index (χ2n) is 4.64. The van der Waals surface area contributed by atoms with E-state index in [2.05, 4.69) is 19.9 Å². The number of imidazole rings is 1. The van der Waals surface area contributed by atoms with Crippen LogP contribution in [-0.2, 0) is 4.74 Å². The van der Waals surface area contributed by atoms with Crippen LogP contribution in [0, 0.1) is 0 Å². The summed E-state index contributed by atoms with van der Waals surface area (Å²) in [6.45, 7) is 0. The third kappa shape index (κ3) is 2.56. The number of fused-ring (bicyclic) bond motifs is 1. The summed E-state index contributed by atoms with van der Waals surface area (Å²) in [6.07, 6.45) is -0.856. The van der Waals surface area contributed by atoms with Crippen LogP contribution in [0.15, 0.2) is 6.33 Å². The van der Waals surface area contributed by atoms with Crippen molar-refractivity contribution >= 4 is 34.4 Å². The number of nitrogens with zero attached hydrogens (tertiary/aromatic N) is 3. The molecule has 0 aromatic carbocycles. The minimum absolute atomic E-state index is 0.0512. The summed E-state index contributed by atoms with van der Waals surface area (Å²) in [6, 6.07) is 0. The predicted octanol–water partition coefficient (Wildman–Crippen LogP) is 3.40. The molecule has 1 saturated heterocycles. The van der Waals surface area contributed by atoms with E-state index in [-0.39, 0.29) is 23.8 Å². The number of rotatable bonds is 3. The van der Waals surface area contributed by atoms with Crippen LogP contribution in [-0.4, -0.2) is 37.6 Å². The molecule has 0 spiro atoms. The van der Waals surface area contributed by atoms with Crippen LogP contribution >= 0.6 is 23.2 Å². The molecule has 21 heavy (non-hydrogen) atoms. The second-order valence-corrected chi connectivity index (χ2v) is 5.38. The van der Waals surface area contributed by atoms with Crippen LogP contribution in [0.3, 0.4) is 0 Å². The summed E-state index contributed by atoms with van der Waals surface area (Å²) in [5, 5.41) is 0.118. The van der Waals surface area contributed by atoms with Gasteiger partial charge in [0.25, 0.3) is 0 Å². The quantitative estimate of drug-likeness (QED) is 0.687. The third-order valence-corrected chi connectivity index (χ3v) is 3.85. The van der Waals surface area contributed by atoms with E-state index in [0.717, 1.165) is 0 Å². The molecular formula is C11H9Cl2F3N4O. The first-order valence-corrected chi connectivity index (χ1v) is 6.89. The van der Waals surface area contributed by atoms with Crippen LogP contribution in [0.25, 0.3) is 11.2 Å². The molecule has 1 aliphatic rings. The van der Waals surface area contributed by atoms with Crippen molar-refractivity contribution in [2.24, 2.45) is 0 Å². The van der Waals surface area contributed by atoms with Crippen molar-refractivity contribution in [3.05, 3.63) is 17.3 Å². The number of nitrogens with one attached hydrogen (secondary N) is 1. The van der Waals surface area contributed by atoms with Gasteiger partial charge in [-0.3, -0.25) is 0 Å². The normalized spacial score (nSPS) is 24.6. The van der Waals surface area contributed by atoms with Crippen LogP contribution in [0.4, 0.5) is 13.2 Å². The first-order chi connectivity index (χ1) is 9.89. The molecule has 3 heterocycles. The van der Waals surface area contributed by atoms with E-state index in [1.807, 2.05) is 0 Å². The summed E-state index contributed by atoms with van der Waals surface area (Å²) in [7, 11) is 0. The van der Waals surface area contributed by atoms with Gasteiger partial charge in [-0.1, -0.05) is 23.2 Å². The van der Waals surface area contributed by atoms with Crippen molar-refractivity contribution in [2.75, 3.05) is 0 Å². The second kappa shape index (κ2) is 5.26. The van der Waals surface area contributed by atoms with E-state index in [9.17, 15) is 13.2 Å². The van der Waals surface area contributed by atoms with Gasteiger partial charge < -0.3 is 9.72 Å². The van der Waals surface area contributed by atoms with Crippen molar-refractivity contribution in [3.8, 4) is 0 Å². The van der Waals surface area contributed by atoms with E-state index in [4.69, 9.17) is 27.9 Å². The largest absolute Gasteiger partial charge is 0.361 e. The maximum Gasteiger partial charge on any atom is 0.317 e. The summed E-state index contributed by atoms with van der Waals surface area (Å²) in [5.41, 5.74) is -2.05. The molecule has 0 amide bonds. The standard InChI is InChI=1S/C11H9Cl2F3N4O/c12-7-6-9(18-3-17-6)20-8(19-7)4-1-2-5(21-4)11(15,16)10(13)14/h3-5,10H,1-2H2,(H,17,18,19,20). The van der Waals surface area contributed by atoms with Crippen molar-refractivity contribution in [1.82, 2.24) is 19.9 Å². The molecular weight excluding hydrogens is 332 g/mol. The molecule has 5 nitrogen and oxygen atoms in total. The van der Waals surface area contributed by atoms with Gasteiger partial charge in [-0.2, -0.15) is 8.78 Å². The Bertz CT molecular complexity index is 666. The molecule has 1 fully saturated rings. The number of alkyl halides is 4. The fourth-order valence-electron chi connectivity index (χ4n) is 2.21. The van der Waals surface area contributed by atoms with Crippen molar-refractivity contribution in [3.63, 3.8) is 0 Å². The highest BCUT2D eigenvalue weighted by atomic mass is 35.5. The molecule has 0 radical (unpaired) electrons. The lowest BCUT2D eigenvalue weighted by molar-refractivity contribution is -0.152. The minimum atomic E-state index is -3.77. The van der Waals surface area contributed by atoms with Gasteiger partial charge in [0.2, 0.25) is 5.63 Å². The molecule has 2 aromatic heterocycles. The lowest BCUT2D eigenvalue weighted by Crippen LogP contribution is -2.39. The van der Waals surface area contributed by atoms with Crippen molar-refractivity contribution in [2.45, 2.75) is 36.6 Å². The van der Waals surface area contributed by atoms with E-state index >= 15 is 0 Å². The number of aromatic amines is 1. The Morgan fingerprint density at radius 3 is 2.86 bits per heavy atom. The molecule has 0 saturated carbocycles. The maximum absolute atomic E-state index is 13.5. The van der Waals surface area contributed by atoms with E-state index in [1.165, 1.54) is 6.33 Å². The Morgan fingerprint density at radius 2 is 2.14 bits per heavy atom. The maximum atomic E-state index is 13.5. The first-order valence-electron chi connectivity index (χ1n) is 6.07. The molecule has 1 N–H and O–H groups in total. The van der Waals surface area contributed by atoms with Crippen molar-refractivity contribution < 1.29 is 17.9 Å². The van der Waals surface area contributed by atoms with Gasteiger partial charge in [0, 0.05) is 0 Å². The Kier molecular flexibility index (Phi) is 3.71. The fourth-order valence-corrected chi connectivity index (χ4v) is 2.57. The molecule has 3 rings (SSSR count). The zero-order valence-corrected chi connectivity index (χ0v) is 11.9. The first kappa shape index (κ1) is 14.8. The molecule has 0 aliphatic carbocycles. The number of aromatic nitrogens is 4. The third-order valence-electron chi connectivity index (χ3n) is 3.29. The Labute approximate surface area is 126 Å². The molecule has 3 unspecified atom stereocenters. The van der Waals surface area contributed by atoms with Crippen LogP contribution in [0.5, 0.6) is 0 Å². The number of halogens is 5. The zero-order chi connectivity index (χ0) is 15.2. The van der Waals surface area contributed by atoms with E-state index in [1.54, 1.807) is 0 Å². The Balaban J connectivity index is 1.85. The van der Waals surface area contributed by atoms with Crippen LogP contribution in [0.1, 0.15) is 24.8 Å². The van der Waals surface area contributed by atoms with Gasteiger partial charge in [-0.05, 0) is 12.8 Å². The molecule has 114 valence electrons. The Hall–Kier alpha value is -1.12. The molecule has 3 atom stereocenters. The smallest absolute Gasteiger partial charge is 0.317 e. The fraction of sp³-hybridized carbons (Fsp3) is 0.545. The summed E-state index contributed by atoms with van der Waals surface area (Å²) < 4.78 is 44.9. The molecule has 2 aromatic rings. The van der Waals surface area contributed by atoms with Gasteiger partial charge in [0.1, 0.15) is 17.7 Å². The SMILES string of the molecule is FC(Cl)C(F)(F)C1CCC(c2nc(Cl)c3[nH]cnc3n2)O1. The minimum Gasteiger partial charge on any atom is -0.361 e. The average Bonchev–Trinajstić information content (AvgIpc) is 3.07. The lowest BCUT2D eigenvalue weighted by atomic mass is 10.1. The summed E-state index contributed by atoms with van der Waals surface area (Å²) >= 11 is 10.8. The molecule has 0 bridgehead atoms. The number of hydrogen-bond donors (Lipinski definition) is 1. The Morgan fingerprint density at radius 1 is 1.38 bits per heavy atom. The van der Waals surface area contributed by atoms with Gasteiger partial charge in [-0.25, -0.2) is 19.3 Å². The van der Waals surface area contributed by atoms with E-state index in [0.29, 0.717) is 11.2 Å². The highest BCUT2D eigenvalue weighted by Gasteiger charge is 2.51. The zero-order valence-electron chi connectivity index (χ0n) is 10.4. The predicted molar refractivity (Wildman–Crippen MR) is 69.2 cm³/mol. The topological polar surface area (TPSA) is 63.7 Å². The van der Waals surface area contributed by atoms with Crippen LogP contribution < -0.4 is 0 Å². The van der Waals surface area contributed by atoms with Gasteiger partial charge in [0.05, 0.1) is 6.33 Å². The summed E-state index contributed by atoms with van der Waals surface area (Å²) in [4.78, 5) is 14.8. The van der Waals surface area contributed by atoms with Gasteiger partial charge in [-0.15, -0.1) is 0 Å². The summed E-state index contributed by atoms with van der Waals surface area (Å²) in [5.74, 6) is -3.63.